The molecule has 3 N–H and O–H groups in total. The lowest BCUT2D eigenvalue weighted by molar-refractivity contribution is -0.124. The van der Waals surface area contributed by atoms with E-state index in [0.717, 1.165) is 18.6 Å². The molecule has 0 bridgehead atoms. The van der Waals surface area contributed by atoms with Crippen LogP contribution >= 0.6 is 0 Å². The van der Waals surface area contributed by atoms with Crippen LogP contribution in [0.15, 0.2) is 22.8 Å². The zero-order chi connectivity index (χ0) is 13.2. The molecule has 0 spiro atoms. The average Bonchev–Trinajstić information content (AvgIpc) is 2.88. The van der Waals surface area contributed by atoms with Crippen molar-refractivity contribution < 1.29 is 13.9 Å². The number of carbonyl (C=O) groups excluding carboxylic acids is 1. The first-order valence-electron chi connectivity index (χ1n) is 6.35. The SMILES string of the molecule is CCC(CN)C(=O)NCCCOCc1ccco1. The Morgan fingerprint density at radius 3 is 3.06 bits per heavy atom. The minimum absolute atomic E-state index is 0.0334. The summed E-state index contributed by atoms with van der Waals surface area (Å²) in [5.74, 6) is 0.772. The van der Waals surface area contributed by atoms with Gasteiger partial charge >= 0.3 is 0 Å². The van der Waals surface area contributed by atoms with Gasteiger partial charge in [-0.25, -0.2) is 0 Å². The van der Waals surface area contributed by atoms with E-state index >= 15 is 0 Å². The van der Waals surface area contributed by atoms with Crippen LogP contribution in [0.5, 0.6) is 0 Å². The fraction of sp³-hybridized carbons (Fsp3) is 0.615. The van der Waals surface area contributed by atoms with Crippen molar-refractivity contribution in [3.05, 3.63) is 24.2 Å². The van der Waals surface area contributed by atoms with Gasteiger partial charge in [-0.3, -0.25) is 4.79 Å². The molecule has 0 fully saturated rings. The van der Waals surface area contributed by atoms with Gasteiger partial charge in [0.2, 0.25) is 5.91 Å². The highest BCUT2D eigenvalue weighted by Crippen LogP contribution is 2.02. The largest absolute Gasteiger partial charge is 0.467 e. The number of amides is 1. The van der Waals surface area contributed by atoms with Crippen LogP contribution in [0.1, 0.15) is 25.5 Å². The molecule has 0 aliphatic rings. The van der Waals surface area contributed by atoms with E-state index < -0.39 is 0 Å². The van der Waals surface area contributed by atoms with Gasteiger partial charge in [-0.2, -0.15) is 0 Å². The molecule has 1 heterocycles. The van der Waals surface area contributed by atoms with Crippen molar-refractivity contribution in [2.45, 2.75) is 26.4 Å². The van der Waals surface area contributed by atoms with E-state index in [4.69, 9.17) is 14.9 Å². The Hall–Kier alpha value is -1.33. The van der Waals surface area contributed by atoms with Gasteiger partial charge < -0.3 is 20.2 Å². The second kappa shape index (κ2) is 8.72. The van der Waals surface area contributed by atoms with Gasteiger partial charge in [0.1, 0.15) is 12.4 Å². The molecule has 1 rings (SSSR count). The molecule has 5 heteroatoms. The van der Waals surface area contributed by atoms with Crippen LogP contribution < -0.4 is 11.1 Å². The number of ether oxygens (including phenoxy) is 1. The van der Waals surface area contributed by atoms with Crippen LogP contribution in [-0.2, 0) is 16.1 Å². The monoisotopic (exact) mass is 254 g/mol. The summed E-state index contributed by atoms with van der Waals surface area (Å²) < 4.78 is 10.5. The van der Waals surface area contributed by atoms with E-state index in [9.17, 15) is 4.79 Å². The van der Waals surface area contributed by atoms with Crippen LogP contribution in [-0.4, -0.2) is 25.6 Å². The van der Waals surface area contributed by atoms with E-state index in [1.165, 1.54) is 0 Å². The second-order valence-electron chi connectivity index (χ2n) is 4.12. The van der Waals surface area contributed by atoms with Crippen molar-refractivity contribution in [1.29, 1.82) is 0 Å². The van der Waals surface area contributed by atoms with E-state index in [1.54, 1.807) is 6.26 Å². The normalized spacial score (nSPS) is 12.3. The number of hydrogen-bond donors (Lipinski definition) is 2. The van der Waals surface area contributed by atoms with Gasteiger partial charge in [0.25, 0.3) is 0 Å². The van der Waals surface area contributed by atoms with Crippen LogP contribution in [0, 0.1) is 5.92 Å². The Morgan fingerprint density at radius 1 is 1.61 bits per heavy atom. The molecule has 1 unspecified atom stereocenters. The van der Waals surface area contributed by atoms with Crippen LogP contribution in [0.3, 0.4) is 0 Å². The summed E-state index contributed by atoms with van der Waals surface area (Å²) in [6.07, 6.45) is 3.18. The van der Waals surface area contributed by atoms with Crippen molar-refractivity contribution in [3.63, 3.8) is 0 Å². The summed E-state index contributed by atoms with van der Waals surface area (Å²) in [5, 5.41) is 2.86. The van der Waals surface area contributed by atoms with E-state index in [1.807, 2.05) is 19.1 Å². The third kappa shape index (κ3) is 5.33. The maximum atomic E-state index is 11.6. The maximum Gasteiger partial charge on any atom is 0.224 e. The zero-order valence-corrected chi connectivity index (χ0v) is 10.9. The minimum Gasteiger partial charge on any atom is -0.467 e. The topological polar surface area (TPSA) is 77.5 Å². The molecule has 102 valence electrons. The van der Waals surface area contributed by atoms with Crippen molar-refractivity contribution in [3.8, 4) is 0 Å². The van der Waals surface area contributed by atoms with Crippen LogP contribution in [0.4, 0.5) is 0 Å². The Kier molecular flexibility index (Phi) is 7.13. The van der Waals surface area contributed by atoms with Crippen molar-refractivity contribution in [2.75, 3.05) is 19.7 Å². The van der Waals surface area contributed by atoms with Crippen molar-refractivity contribution in [2.24, 2.45) is 11.7 Å². The molecule has 0 saturated heterocycles. The Labute approximate surface area is 108 Å². The van der Waals surface area contributed by atoms with Gasteiger partial charge in [-0.1, -0.05) is 6.92 Å². The average molecular weight is 254 g/mol. The molecule has 0 aliphatic heterocycles. The Balaban J connectivity index is 2.00. The van der Waals surface area contributed by atoms with Crippen LogP contribution in [0.25, 0.3) is 0 Å². The smallest absolute Gasteiger partial charge is 0.224 e. The fourth-order valence-electron chi connectivity index (χ4n) is 1.56. The summed E-state index contributed by atoms with van der Waals surface area (Å²) >= 11 is 0. The summed E-state index contributed by atoms with van der Waals surface area (Å²) in [6, 6.07) is 3.70. The van der Waals surface area contributed by atoms with Gasteiger partial charge in [0.05, 0.1) is 6.26 Å². The third-order valence-corrected chi connectivity index (χ3v) is 2.74. The number of hydrogen-bond acceptors (Lipinski definition) is 4. The number of nitrogens with one attached hydrogen (secondary N) is 1. The number of rotatable bonds is 9. The third-order valence-electron chi connectivity index (χ3n) is 2.74. The van der Waals surface area contributed by atoms with E-state index in [0.29, 0.717) is 26.3 Å². The van der Waals surface area contributed by atoms with Crippen molar-refractivity contribution in [1.82, 2.24) is 5.32 Å². The molecule has 0 radical (unpaired) electrons. The molecule has 0 aromatic carbocycles. The van der Waals surface area contributed by atoms with E-state index in [2.05, 4.69) is 5.32 Å². The quantitative estimate of drug-likeness (QED) is 0.651. The predicted octanol–water partition coefficient (Wildman–Crippen LogP) is 1.29. The lowest BCUT2D eigenvalue weighted by atomic mass is 10.1. The highest BCUT2D eigenvalue weighted by Gasteiger charge is 2.12. The fourth-order valence-corrected chi connectivity index (χ4v) is 1.56. The van der Waals surface area contributed by atoms with E-state index in [-0.39, 0.29) is 11.8 Å². The van der Waals surface area contributed by atoms with Crippen molar-refractivity contribution >= 4 is 5.91 Å². The maximum absolute atomic E-state index is 11.6. The number of furan rings is 1. The second-order valence-corrected chi connectivity index (χ2v) is 4.12. The van der Waals surface area contributed by atoms with Crippen LogP contribution in [0.2, 0.25) is 0 Å². The van der Waals surface area contributed by atoms with Gasteiger partial charge in [-0.05, 0) is 25.0 Å². The first kappa shape index (κ1) is 14.7. The highest BCUT2D eigenvalue weighted by molar-refractivity contribution is 5.78. The standard InChI is InChI=1S/C13H22N2O3/c1-2-11(9-14)13(16)15-6-4-7-17-10-12-5-3-8-18-12/h3,5,8,11H,2,4,6-7,9-10,14H2,1H3,(H,15,16). The molecular formula is C13H22N2O3. The molecule has 0 saturated carbocycles. The molecule has 1 amide bonds. The Morgan fingerprint density at radius 2 is 2.44 bits per heavy atom. The summed E-state index contributed by atoms with van der Waals surface area (Å²) in [5.41, 5.74) is 5.49. The first-order chi connectivity index (χ1) is 8.77. The molecular weight excluding hydrogens is 232 g/mol. The predicted molar refractivity (Wildman–Crippen MR) is 68.8 cm³/mol. The molecule has 5 nitrogen and oxygen atoms in total. The van der Waals surface area contributed by atoms with Gasteiger partial charge in [0, 0.05) is 25.6 Å². The van der Waals surface area contributed by atoms with Gasteiger partial charge in [-0.15, -0.1) is 0 Å². The lowest BCUT2D eigenvalue weighted by Crippen LogP contribution is -2.35. The molecule has 1 atom stereocenters. The summed E-state index contributed by atoms with van der Waals surface area (Å²) in [7, 11) is 0. The zero-order valence-electron chi connectivity index (χ0n) is 10.9. The minimum atomic E-state index is -0.0750. The first-order valence-corrected chi connectivity index (χ1v) is 6.35. The Bertz CT molecular complexity index is 321. The molecule has 18 heavy (non-hydrogen) atoms. The number of carbonyl (C=O) groups is 1. The highest BCUT2D eigenvalue weighted by atomic mass is 16.5. The molecule has 1 aromatic rings. The van der Waals surface area contributed by atoms with Gasteiger partial charge in [0.15, 0.2) is 0 Å². The summed E-state index contributed by atoms with van der Waals surface area (Å²) in [6.45, 7) is 4.05. The lowest BCUT2D eigenvalue weighted by Gasteiger charge is -2.12. The number of nitrogens with two attached hydrogens (primary N) is 1. The molecule has 0 aliphatic carbocycles. The molecule has 1 aromatic heterocycles. The summed E-state index contributed by atoms with van der Waals surface area (Å²) in [4.78, 5) is 11.6.